The second kappa shape index (κ2) is 8.31. The molecule has 0 aliphatic heterocycles. The molecule has 0 radical (unpaired) electrons. The largest absolute Gasteiger partial charge is 0.494 e. The highest BCUT2D eigenvalue weighted by Gasteiger charge is 2.21. The van der Waals surface area contributed by atoms with Crippen molar-refractivity contribution in [2.24, 2.45) is 0 Å². The Hall–Kier alpha value is -3.42. The second-order valence-corrected chi connectivity index (χ2v) is 5.98. The fourth-order valence-corrected chi connectivity index (χ4v) is 2.28. The maximum absolute atomic E-state index is 12.3. The third-order valence-electron chi connectivity index (χ3n) is 4.05. The number of hydrogen-bond acceptors (Lipinski definition) is 6. The summed E-state index contributed by atoms with van der Waals surface area (Å²) in [6.45, 7) is 5.24. The number of amides is 1. The number of esters is 1. The summed E-state index contributed by atoms with van der Waals surface area (Å²) in [5, 5.41) is 13.4. The molecule has 0 aliphatic carbocycles. The smallest absolute Gasteiger partial charge is 0.338 e. The Labute approximate surface area is 156 Å². The van der Waals surface area contributed by atoms with Crippen molar-refractivity contribution in [3.63, 3.8) is 0 Å². The van der Waals surface area contributed by atoms with Crippen molar-refractivity contribution in [3.05, 3.63) is 63.2 Å². The molecule has 1 atom stereocenters. The van der Waals surface area contributed by atoms with E-state index >= 15 is 0 Å². The van der Waals surface area contributed by atoms with Gasteiger partial charge >= 0.3 is 5.97 Å². The Morgan fingerprint density at radius 1 is 1.11 bits per heavy atom. The number of methoxy groups -OCH3 is 1. The third kappa shape index (κ3) is 4.81. The number of anilines is 1. The average molecular weight is 372 g/mol. The fraction of sp³-hybridized carbons (Fsp3) is 0.263. The van der Waals surface area contributed by atoms with Crippen molar-refractivity contribution in [2.75, 3.05) is 12.4 Å². The lowest BCUT2D eigenvalue weighted by atomic mass is 10.1. The van der Waals surface area contributed by atoms with E-state index in [9.17, 15) is 19.7 Å². The van der Waals surface area contributed by atoms with E-state index in [1.54, 1.807) is 18.2 Å². The van der Waals surface area contributed by atoms with E-state index in [4.69, 9.17) is 9.47 Å². The van der Waals surface area contributed by atoms with Crippen LogP contribution in [0.15, 0.2) is 36.4 Å². The summed E-state index contributed by atoms with van der Waals surface area (Å²) in [7, 11) is 1.33. The topological polar surface area (TPSA) is 108 Å². The monoisotopic (exact) mass is 372 g/mol. The Kier molecular flexibility index (Phi) is 6.12. The lowest BCUT2D eigenvalue weighted by Gasteiger charge is -2.15. The van der Waals surface area contributed by atoms with Gasteiger partial charge in [-0.3, -0.25) is 14.9 Å². The summed E-state index contributed by atoms with van der Waals surface area (Å²) in [6, 6.07) is 8.92. The summed E-state index contributed by atoms with van der Waals surface area (Å²) in [4.78, 5) is 34.8. The number of non-ortho nitro benzene ring substituents is 1. The standard InChI is InChI=1S/C19H20N2O6/c1-11-5-6-14(9-12(11)2)19(23)27-13(3)18(22)20-16-8-7-15(21(24)25)10-17(16)26-4/h5-10,13H,1-4H3,(H,20,22)/t13-/m0/s1. The number of nitrogens with zero attached hydrogens (tertiary/aromatic N) is 1. The SMILES string of the molecule is COc1cc([N+](=O)[O-])ccc1NC(=O)[C@H](C)OC(=O)c1ccc(C)c(C)c1. The summed E-state index contributed by atoms with van der Waals surface area (Å²) in [6.07, 6.45) is -1.07. The normalized spacial score (nSPS) is 11.4. The van der Waals surface area contributed by atoms with Crippen molar-refractivity contribution >= 4 is 23.3 Å². The molecule has 0 saturated carbocycles. The first kappa shape index (κ1) is 19.9. The minimum absolute atomic E-state index is 0.130. The third-order valence-corrected chi connectivity index (χ3v) is 4.05. The Morgan fingerprint density at radius 2 is 1.81 bits per heavy atom. The summed E-state index contributed by atoms with van der Waals surface area (Å²) >= 11 is 0. The molecule has 0 fully saturated rings. The van der Waals surface area contributed by atoms with Gasteiger partial charge in [0.05, 0.1) is 29.4 Å². The number of carbonyl (C=O) groups excluding carboxylic acids is 2. The van der Waals surface area contributed by atoms with E-state index in [-0.39, 0.29) is 17.1 Å². The van der Waals surface area contributed by atoms with Crippen LogP contribution in [0.2, 0.25) is 0 Å². The number of carbonyl (C=O) groups is 2. The zero-order valence-electron chi connectivity index (χ0n) is 15.4. The number of aryl methyl sites for hydroxylation is 2. The highest BCUT2D eigenvalue weighted by atomic mass is 16.6. The summed E-state index contributed by atoms with van der Waals surface area (Å²) in [5.41, 5.74) is 2.41. The number of rotatable bonds is 6. The molecule has 1 N–H and O–H groups in total. The molecule has 0 spiro atoms. The van der Waals surface area contributed by atoms with Gasteiger partial charge in [-0.1, -0.05) is 6.07 Å². The quantitative estimate of drug-likeness (QED) is 0.473. The molecule has 0 aliphatic rings. The molecule has 1 amide bonds. The van der Waals surface area contributed by atoms with E-state index in [1.807, 2.05) is 13.8 Å². The van der Waals surface area contributed by atoms with Crippen molar-refractivity contribution in [1.82, 2.24) is 0 Å². The Bertz CT molecular complexity index is 894. The van der Waals surface area contributed by atoms with E-state index in [1.165, 1.54) is 32.2 Å². The van der Waals surface area contributed by atoms with Gasteiger partial charge in [-0.05, 0) is 50.1 Å². The summed E-state index contributed by atoms with van der Waals surface area (Å²) < 4.78 is 10.3. The molecule has 8 nitrogen and oxygen atoms in total. The number of nitrogens with one attached hydrogen (secondary N) is 1. The van der Waals surface area contributed by atoms with Gasteiger partial charge in [0.1, 0.15) is 5.75 Å². The maximum atomic E-state index is 12.3. The van der Waals surface area contributed by atoms with Gasteiger partial charge in [0.2, 0.25) is 0 Å². The van der Waals surface area contributed by atoms with Gasteiger partial charge in [0.15, 0.2) is 6.10 Å². The number of nitro groups is 1. The first-order valence-corrected chi connectivity index (χ1v) is 8.14. The summed E-state index contributed by atoms with van der Waals surface area (Å²) in [5.74, 6) is -1.07. The first-order valence-electron chi connectivity index (χ1n) is 8.14. The van der Waals surface area contributed by atoms with Crippen LogP contribution in [0.4, 0.5) is 11.4 Å². The molecule has 8 heteroatoms. The molecular formula is C19H20N2O6. The number of benzene rings is 2. The lowest BCUT2D eigenvalue weighted by Crippen LogP contribution is -2.30. The van der Waals surface area contributed by atoms with Gasteiger partial charge < -0.3 is 14.8 Å². The predicted octanol–water partition coefficient (Wildman–Crippen LogP) is 3.40. The Balaban J connectivity index is 2.08. The minimum atomic E-state index is -1.07. The molecule has 0 bridgehead atoms. The van der Waals surface area contributed by atoms with Crippen LogP contribution in [0.5, 0.6) is 5.75 Å². The molecule has 27 heavy (non-hydrogen) atoms. The van der Waals surface area contributed by atoms with Gasteiger partial charge in [0.25, 0.3) is 11.6 Å². The van der Waals surface area contributed by atoms with Crippen molar-refractivity contribution < 1.29 is 24.0 Å². The van der Waals surface area contributed by atoms with E-state index in [2.05, 4.69) is 5.32 Å². The van der Waals surface area contributed by atoms with Crippen LogP contribution >= 0.6 is 0 Å². The number of hydrogen-bond donors (Lipinski definition) is 1. The molecule has 0 heterocycles. The maximum Gasteiger partial charge on any atom is 0.338 e. The average Bonchev–Trinajstić information content (AvgIpc) is 2.63. The Morgan fingerprint density at radius 3 is 2.41 bits per heavy atom. The molecule has 0 aromatic heterocycles. The van der Waals surface area contributed by atoms with Crippen LogP contribution in [0.3, 0.4) is 0 Å². The molecular weight excluding hydrogens is 352 g/mol. The van der Waals surface area contributed by atoms with Crippen LogP contribution in [-0.4, -0.2) is 30.0 Å². The number of ether oxygens (including phenoxy) is 2. The minimum Gasteiger partial charge on any atom is -0.494 e. The van der Waals surface area contributed by atoms with Gasteiger partial charge in [-0.25, -0.2) is 4.79 Å². The molecule has 2 rings (SSSR count). The van der Waals surface area contributed by atoms with Gasteiger partial charge in [0, 0.05) is 6.07 Å². The van der Waals surface area contributed by atoms with Gasteiger partial charge in [-0.2, -0.15) is 0 Å². The molecule has 0 unspecified atom stereocenters. The van der Waals surface area contributed by atoms with Crippen LogP contribution < -0.4 is 10.1 Å². The van der Waals surface area contributed by atoms with Crippen LogP contribution in [0, 0.1) is 24.0 Å². The van der Waals surface area contributed by atoms with E-state index < -0.39 is 22.9 Å². The van der Waals surface area contributed by atoms with E-state index in [0.717, 1.165) is 11.1 Å². The van der Waals surface area contributed by atoms with Crippen LogP contribution in [0.25, 0.3) is 0 Å². The fourth-order valence-electron chi connectivity index (χ4n) is 2.28. The van der Waals surface area contributed by atoms with Crippen molar-refractivity contribution in [3.8, 4) is 5.75 Å². The first-order chi connectivity index (χ1) is 12.7. The second-order valence-electron chi connectivity index (χ2n) is 5.98. The number of nitro benzene ring substituents is 1. The van der Waals surface area contributed by atoms with Crippen molar-refractivity contribution in [2.45, 2.75) is 26.9 Å². The molecule has 142 valence electrons. The zero-order valence-corrected chi connectivity index (χ0v) is 15.4. The van der Waals surface area contributed by atoms with Crippen molar-refractivity contribution in [1.29, 1.82) is 0 Å². The predicted molar refractivity (Wildman–Crippen MR) is 99.1 cm³/mol. The van der Waals surface area contributed by atoms with E-state index in [0.29, 0.717) is 5.56 Å². The van der Waals surface area contributed by atoms with Gasteiger partial charge in [-0.15, -0.1) is 0 Å². The highest BCUT2D eigenvalue weighted by Crippen LogP contribution is 2.29. The molecule has 2 aromatic rings. The zero-order chi connectivity index (χ0) is 20.1. The highest BCUT2D eigenvalue weighted by molar-refractivity contribution is 5.98. The van der Waals surface area contributed by atoms with Crippen LogP contribution in [-0.2, 0) is 9.53 Å². The molecule has 0 saturated heterocycles. The van der Waals surface area contributed by atoms with Crippen LogP contribution in [0.1, 0.15) is 28.4 Å². The molecule has 2 aromatic carbocycles. The lowest BCUT2D eigenvalue weighted by molar-refractivity contribution is -0.384.